The number of nitrogens with zero attached hydrogens (tertiary/aromatic N) is 1. The van der Waals surface area contributed by atoms with Crippen LogP contribution in [0, 0.1) is 0 Å². The zero-order valence-electron chi connectivity index (χ0n) is 14.6. The van der Waals surface area contributed by atoms with Gasteiger partial charge in [0.05, 0.1) is 12.3 Å². The molecular formula is C20H22N2O4. The average molecular weight is 354 g/mol. The van der Waals surface area contributed by atoms with E-state index in [-0.39, 0.29) is 24.6 Å². The highest BCUT2D eigenvalue weighted by atomic mass is 16.5. The molecule has 26 heavy (non-hydrogen) atoms. The maximum absolute atomic E-state index is 12.7. The lowest BCUT2D eigenvalue weighted by Crippen LogP contribution is -2.34. The number of ether oxygens (including phenoxy) is 1. The zero-order valence-corrected chi connectivity index (χ0v) is 14.6. The standard InChI is InChI=1S/C20H22N2O4/c1-14(18-3-2-12-25-18)22(16-7-8-16)20(24)11-6-15-4-9-17(10-5-15)26-13-19(21)23/h2-6,9-12,14,16H,7-8,13H2,1H3,(H2,21,23)/b11-6+. The molecule has 1 unspecified atom stereocenters. The lowest BCUT2D eigenvalue weighted by Gasteiger charge is -2.26. The summed E-state index contributed by atoms with van der Waals surface area (Å²) in [5.41, 5.74) is 5.91. The van der Waals surface area contributed by atoms with Crippen LogP contribution in [-0.4, -0.2) is 29.4 Å². The van der Waals surface area contributed by atoms with Gasteiger partial charge in [-0.1, -0.05) is 12.1 Å². The molecule has 0 bridgehead atoms. The molecule has 3 rings (SSSR count). The molecule has 2 aromatic rings. The van der Waals surface area contributed by atoms with E-state index in [4.69, 9.17) is 14.9 Å². The third kappa shape index (κ3) is 4.53. The van der Waals surface area contributed by atoms with Gasteiger partial charge in [0.15, 0.2) is 6.61 Å². The fraction of sp³-hybridized carbons (Fsp3) is 0.300. The van der Waals surface area contributed by atoms with E-state index in [1.807, 2.05) is 36.1 Å². The number of primary amides is 1. The van der Waals surface area contributed by atoms with Gasteiger partial charge in [0.25, 0.3) is 5.91 Å². The van der Waals surface area contributed by atoms with Gasteiger partial charge >= 0.3 is 0 Å². The van der Waals surface area contributed by atoms with Crippen molar-refractivity contribution >= 4 is 17.9 Å². The van der Waals surface area contributed by atoms with Crippen molar-refractivity contribution in [3.05, 3.63) is 60.1 Å². The summed E-state index contributed by atoms with van der Waals surface area (Å²) in [6, 6.07) is 11.0. The number of nitrogens with two attached hydrogens (primary N) is 1. The van der Waals surface area contributed by atoms with Crippen LogP contribution in [0.2, 0.25) is 0 Å². The molecule has 0 saturated heterocycles. The van der Waals surface area contributed by atoms with Crippen LogP contribution in [0.25, 0.3) is 6.08 Å². The summed E-state index contributed by atoms with van der Waals surface area (Å²) in [5.74, 6) is 0.781. The number of furan rings is 1. The first-order valence-electron chi connectivity index (χ1n) is 8.59. The van der Waals surface area contributed by atoms with E-state index in [1.54, 1.807) is 30.5 Å². The Labute approximate surface area is 152 Å². The predicted molar refractivity (Wildman–Crippen MR) is 97.2 cm³/mol. The lowest BCUT2D eigenvalue weighted by atomic mass is 10.1. The van der Waals surface area contributed by atoms with Gasteiger partial charge in [-0.15, -0.1) is 0 Å². The second kappa shape index (κ2) is 7.91. The molecule has 2 amide bonds. The van der Waals surface area contributed by atoms with Crippen molar-refractivity contribution in [3.63, 3.8) is 0 Å². The molecule has 2 N–H and O–H groups in total. The molecule has 1 aliphatic carbocycles. The summed E-state index contributed by atoms with van der Waals surface area (Å²) in [6.07, 6.45) is 7.02. The largest absolute Gasteiger partial charge is 0.484 e. The summed E-state index contributed by atoms with van der Waals surface area (Å²) in [6.45, 7) is 1.82. The summed E-state index contributed by atoms with van der Waals surface area (Å²) in [5, 5.41) is 0. The number of rotatable bonds is 8. The molecule has 136 valence electrons. The van der Waals surface area contributed by atoms with Gasteiger partial charge in [0.2, 0.25) is 5.91 Å². The Balaban J connectivity index is 1.64. The first kappa shape index (κ1) is 17.8. The summed E-state index contributed by atoms with van der Waals surface area (Å²) in [4.78, 5) is 25.3. The van der Waals surface area contributed by atoms with E-state index in [1.165, 1.54) is 0 Å². The Bertz CT molecular complexity index is 777. The smallest absolute Gasteiger partial charge is 0.255 e. The maximum atomic E-state index is 12.7. The van der Waals surface area contributed by atoms with Crippen molar-refractivity contribution in [2.24, 2.45) is 5.73 Å². The Morgan fingerprint density at radius 3 is 2.62 bits per heavy atom. The van der Waals surface area contributed by atoms with Crippen LogP contribution in [0.1, 0.15) is 37.1 Å². The van der Waals surface area contributed by atoms with Gasteiger partial charge in [-0.3, -0.25) is 9.59 Å². The van der Waals surface area contributed by atoms with Gasteiger partial charge in [0.1, 0.15) is 11.5 Å². The van der Waals surface area contributed by atoms with E-state index in [0.717, 1.165) is 24.2 Å². The molecule has 0 radical (unpaired) electrons. The van der Waals surface area contributed by atoms with E-state index in [0.29, 0.717) is 5.75 Å². The molecule has 1 aliphatic rings. The molecule has 1 saturated carbocycles. The lowest BCUT2D eigenvalue weighted by molar-refractivity contribution is -0.129. The normalized spacial score (nSPS) is 15.0. The van der Waals surface area contributed by atoms with Crippen LogP contribution >= 0.6 is 0 Å². The molecular weight excluding hydrogens is 332 g/mol. The monoisotopic (exact) mass is 354 g/mol. The summed E-state index contributed by atoms with van der Waals surface area (Å²) < 4.78 is 10.7. The van der Waals surface area contributed by atoms with Gasteiger partial charge in [0, 0.05) is 12.1 Å². The van der Waals surface area contributed by atoms with Crippen LogP contribution < -0.4 is 10.5 Å². The zero-order chi connectivity index (χ0) is 18.5. The molecule has 6 nitrogen and oxygen atoms in total. The topological polar surface area (TPSA) is 85.8 Å². The van der Waals surface area contributed by atoms with Crippen molar-refractivity contribution in [3.8, 4) is 5.75 Å². The van der Waals surface area contributed by atoms with Crippen LogP contribution in [0.3, 0.4) is 0 Å². The Morgan fingerprint density at radius 1 is 1.31 bits per heavy atom. The molecule has 1 heterocycles. The molecule has 0 aliphatic heterocycles. The second-order valence-electron chi connectivity index (χ2n) is 6.33. The highest BCUT2D eigenvalue weighted by molar-refractivity contribution is 5.92. The van der Waals surface area contributed by atoms with Gasteiger partial charge in [-0.05, 0) is 55.7 Å². The molecule has 1 atom stereocenters. The molecule has 1 fully saturated rings. The van der Waals surface area contributed by atoms with E-state index >= 15 is 0 Å². The third-order valence-corrected chi connectivity index (χ3v) is 4.25. The molecule has 0 spiro atoms. The van der Waals surface area contributed by atoms with E-state index in [2.05, 4.69) is 0 Å². The number of carbonyl (C=O) groups excluding carboxylic acids is 2. The van der Waals surface area contributed by atoms with Crippen LogP contribution in [0.5, 0.6) is 5.75 Å². The highest BCUT2D eigenvalue weighted by Gasteiger charge is 2.36. The van der Waals surface area contributed by atoms with Crippen LogP contribution in [0.15, 0.2) is 53.2 Å². The predicted octanol–water partition coefficient (Wildman–Crippen LogP) is 2.91. The van der Waals surface area contributed by atoms with Gasteiger partial charge in [-0.25, -0.2) is 0 Å². The minimum absolute atomic E-state index is 0.0366. The third-order valence-electron chi connectivity index (χ3n) is 4.25. The maximum Gasteiger partial charge on any atom is 0.255 e. The van der Waals surface area contributed by atoms with Crippen LogP contribution in [0.4, 0.5) is 0 Å². The van der Waals surface area contributed by atoms with Crippen molar-refractivity contribution in [2.75, 3.05) is 6.61 Å². The van der Waals surface area contributed by atoms with Crippen LogP contribution in [-0.2, 0) is 9.59 Å². The minimum Gasteiger partial charge on any atom is -0.484 e. The number of amides is 2. The summed E-state index contributed by atoms with van der Waals surface area (Å²) >= 11 is 0. The van der Waals surface area contributed by atoms with Crippen molar-refractivity contribution in [2.45, 2.75) is 31.8 Å². The quantitative estimate of drug-likeness (QED) is 0.739. The van der Waals surface area contributed by atoms with E-state index in [9.17, 15) is 9.59 Å². The molecule has 1 aromatic carbocycles. The number of hydrogen-bond acceptors (Lipinski definition) is 4. The molecule has 1 aromatic heterocycles. The Morgan fingerprint density at radius 2 is 2.04 bits per heavy atom. The van der Waals surface area contributed by atoms with Crippen molar-refractivity contribution in [1.82, 2.24) is 4.90 Å². The first-order valence-corrected chi connectivity index (χ1v) is 8.59. The molecule has 6 heteroatoms. The number of hydrogen-bond donors (Lipinski definition) is 1. The minimum atomic E-state index is -0.523. The highest BCUT2D eigenvalue weighted by Crippen LogP contribution is 2.34. The van der Waals surface area contributed by atoms with Gasteiger partial charge < -0.3 is 19.8 Å². The van der Waals surface area contributed by atoms with Gasteiger partial charge in [-0.2, -0.15) is 0 Å². The fourth-order valence-electron chi connectivity index (χ4n) is 2.79. The average Bonchev–Trinajstić information content (AvgIpc) is 3.30. The Hall–Kier alpha value is -3.02. The fourth-order valence-corrected chi connectivity index (χ4v) is 2.79. The second-order valence-corrected chi connectivity index (χ2v) is 6.33. The first-order chi connectivity index (χ1) is 12.5. The summed E-state index contributed by atoms with van der Waals surface area (Å²) in [7, 11) is 0. The number of carbonyl (C=O) groups is 2. The SMILES string of the molecule is CC(c1ccco1)N(C(=O)/C=C/c1ccc(OCC(N)=O)cc1)C1CC1. The van der Waals surface area contributed by atoms with E-state index < -0.39 is 5.91 Å². The Kier molecular flexibility index (Phi) is 5.41. The van der Waals surface area contributed by atoms with Crippen molar-refractivity contribution in [1.29, 1.82) is 0 Å². The number of benzene rings is 1. The van der Waals surface area contributed by atoms with Crippen molar-refractivity contribution < 1.29 is 18.7 Å².